The number of amidine groups is 1. The number of rotatable bonds is 3. The second-order valence-electron chi connectivity index (χ2n) is 8.80. The molecule has 0 bridgehead atoms. The molecule has 0 fully saturated rings. The zero-order valence-electron chi connectivity index (χ0n) is 19.4. The number of carbonyl (C=O) groups excluding carboxylic acids is 1. The highest BCUT2D eigenvalue weighted by atomic mass is 16.7. The van der Waals surface area contributed by atoms with Crippen LogP contribution in [0.3, 0.4) is 0 Å². The molecule has 0 radical (unpaired) electrons. The van der Waals surface area contributed by atoms with E-state index in [9.17, 15) is 14.9 Å². The summed E-state index contributed by atoms with van der Waals surface area (Å²) in [6, 6.07) is 18.9. The molecule has 1 amide bonds. The molecule has 3 aliphatic rings. The van der Waals surface area contributed by atoms with Gasteiger partial charge in [0.05, 0.1) is 33.7 Å². The summed E-state index contributed by atoms with van der Waals surface area (Å²) in [6.45, 7) is 2.03. The summed E-state index contributed by atoms with van der Waals surface area (Å²) in [5.41, 5.74) is 4.44. The lowest BCUT2D eigenvalue weighted by Crippen LogP contribution is -2.48. The minimum Gasteiger partial charge on any atom is -0.454 e. The monoisotopic (exact) mass is 494 g/mol. The lowest BCUT2D eigenvalue weighted by molar-refractivity contribution is -0.384. The number of hydrogen-bond acceptors (Lipinski definition) is 8. The van der Waals surface area contributed by atoms with E-state index in [0.29, 0.717) is 34.4 Å². The fourth-order valence-electron chi connectivity index (χ4n) is 5.04. The van der Waals surface area contributed by atoms with Crippen LogP contribution in [0.2, 0.25) is 0 Å². The maximum atomic E-state index is 13.3. The topological polar surface area (TPSA) is 124 Å². The number of aliphatic imine (C=N–C) groups is 1. The number of nitrogens with zero attached hydrogens (tertiary/aromatic N) is 5. The minimum absolute atomic E-state index is 0.0273. The van der Waals surface area contributed by atoms with E-state index in [1.165, 1.54) is 12.1 Å². The fraction of sp³-hybridized carbons (Fsp3) is 0.115. The molecule has 0 aliphatic carbocycles. The fourth-order valence-corrected chi connectivity index (χ4v) is 5.04. The quantitative estimate of drug-likeness (QED) is 0.330. The maximum absolute atomic E-state index is 13.3. The molecule has 182 valence electrons. The van der Waals surface area contributed by atoms with Crippen LogP contribution in [0.4, 0.5) is 22.9 Å². The summed E-state index contributed by atoms with van der Waals surface area (Å²) in [5.74, 6) is 1.64. The van der Waals surface area contributed by atoms with Crippen molar-refractivity contribution in [2.45, 2.75) is 13.0 Å². The van der Waals surface area contributed by atoms with Crippen molar-refractivity contribution in [3.05, 3.63) is 93.7 Å². The number of para-hydroxylation sites is 2. The summed E-state index contributed by atoms with van der Waals surface area (Å²) in [4.78, 5) is 30.7. The standard InChI is InChI=1S/C26H18N6O5/c1-14-22-23(15-6-11-20-21(12-15)37-13-36-20)30-19-5-3-2-4-18(19)27-26(33)25(30)28-24(22)31(29-14)16-7-9-17(10-8-16)32(34)35/h2-12,23H,13H2,1H3,(H,27,33)/t23-/m1/s1. The third-order valence-electron chi connectivity index (χ3n) is 6.69. The number of aryl methyl sites for hydroxylation is 1. The molecule has 1 atom stereocenters. The Hall–Kier alpha value is -5.19. The predicted molar refractivity (Wildman–Crippen MR) is 134 cm³/mol. The van der Waals surface area contributed by atoms with E-state index in [1.807, 2.05) is 54.3 Å². The van der Waals surface area contributed by atoms with Gasteiger partial charge in [-0.05, 0) is 48.9 Å². The number of hydrogen-bond donors (Lipinski definition) is 1. The molecular formula is C26H18N6O5. The van der Waals surface area contributed by atoms with Crippen LogP contribution in [-0.2, 0) is 4.79 Å². The van der Waals surface area contributed by atoms with Crippen LogP contribution in [0.15, 0.2) is 71.7 Å². The number of nitro benzene ring substituents is 1. The Morgan fingerprint density at radius 1 is 1.05 bits per heavy atom. The smallest absolute Gasteiger partial charge is 0.291 e. The molecule has 7 rings (SSSR count). The van der Waals surface area contributed by atoms with Gasteiger partial charge in [-0.1, -0.05) is 18.2 Å². The zero-order valence-corrected chi connectivity index (χ0v) is 19.4. The molecule has 4 aromatic rings. The van der Waals surface area contributed by atoms with Crippen molar-refractivity contribution in [1.82, 2.24) is 9.78 Å². The zero-order chi connectivity index (χ0) is 25.3. The van der Waals surface area contributed by atoms with Gasteiger partial charge in [0.1, 0.15) is 0 Å². The van der Waals surface area contributed by atoms with Gasteiger partial charge in [0, 0.05) is 17.7 Å². The van der Waals surface area contributed by atoms with Crippen molar-refractivity contribution < 1.29 is 19.2 Å². The number of benzene rings is 3. The first kappa shape index (κ1) is 21.1. The van der Waals surface area contributed by atoms with Gasteiger partial charge in [0.2, 0.25) is 12.6 Å². The largest absolute Gasteiger partial charge is 0.454 e. The first-order valence-corrected chi connectivity index (χ1v) is 11.5. The lowest BCUT2D eigenvalue weighted by atomic mass is 9.93. The molecule has 0 saturated heterocycles. The molecule has 11 nitrogen and oxygen atoms in total. The van der Waals surface area contributed by atoms with Crippen molar-refractivity contribution in [3.8, 4) is 17.2 Å². The number of non-ortho nitro benzene ring substituents is 1. The van der Waals surface area contributed by atoms with Crippen molar-refractivity contribution in [2.24, 2.45) is 4.99 Å². The van der Waals surface area contributed by atoms with Gasteiger partial charge in [0.25, 0.3) is 11.6 Å². The van der Waals surface area contributed by atoms with Gasteiger partial charge >= 0.3 is 0 Å². The highest BCUT2D eigenvalue weighted by Gasteiger charge is 2.43. The van der Waals surface area contributed by atoms with Gasteiger partial charge in [-0.25, -0.2) is 9.67 Å². The van der Waals surface area contributed by atoms with Crippen LogP contribution in [0.5, 0.6) is 11.5 Å². The van der Waals surface area contributed by atoms with E-state index in [2.05, 4.69) is 5.32 Å². The second kappa shape index (κ2) is 7.65. The van der Waals surface area contributed by atoms with E-state index in [4.69, 9.17) is 19.6 Å². The summed E-state index contributed by atoms with van der Waals surface area (Å²) < 4.78 is 12.8. The Morgan fingerprint density at radius 2 is 1.84 bits per heavy atom. The third kappa shape index (κ3) is 3.10. The number of nitrogens with one attached hydrogen (secondary N) is 1. The molecule has 0 unspecified atom stereocenters. The summed E-state index contributed by atoms with van der Waals surface area (Å²) >= 11 is 0. The van der Waals surface area contributed by atoms with E-state index >= 15 is 0 Å². The van der Waals surface area contributed by atoms with E-state index in [-0.39, 0.29) is 24.2 Å². The number of amides is 1. The van der Waals surface area contributed by atoms with Crippen LogP contribution < -0.4 is 19.7 Å². The summed E-state index contributed by atoms with van der Waals surface area (Å²) in [6.07, 6.45) is 0. The minimum atomic E-state index is -0.453. The maximum Gasteiger partial charge on any atom is 0.291 e. The van der Waals surface area contributed by atoms with Gasteiger partial charge in [-0.15, -0.1) is 0 Å². The van der Waals surface area contributed by atoms with Gasteiger partial charge in [-0.3, -0.25) is 14.9 Å². The van der Waals surface area contributed by atoms with Crippen LogP contribution in [0, 0.1) is 17.0 Å². The van der Waals surface area contributed by atoms with Crippen LogP contribution in [0.25, 0.3) is 5.69 Å². The van der Waals surface area contributed by atoms with Crippen LogP contribution in [-0.4, -0.2) is 33.2 Å². The van der Waals surface area contributed by atoms with E-state index in [0.717, 1.165) is 16.8 Å². The molecule has 37 heavy (non-hydrogen) atoms. The number of anilines is 2. The number of carbonyl (C=O) groups is 1. The Morgan fingerprint density at radius 3 is 2.65 bits per heavy atom. The van der Waals surface area contributed by atoms with E-state index in [1.54, 1.807) is 16.8 Å². The normalized spacial score (nSPS) is 16.9. The molecule has 3 aliphatic heterocycles. The molecule has 1 aromatic heterocycles. The van der Waals surface area contributed by atoms with Gasteiger partial charge < -0.3 is 19.7 Å². The molecule has 1 N–H and O–H groups in total. The second-order valence-corrected chi connectivity index (χ2v) is 8.80. The van der Waals surface area contributed by atoms with Crippen molar-refractivity contribution in [1.29, 1.82) is 0 Å². The first-order chi connectivity index (χ1) is 18.0. The Kier molecular flexibility index (Phi) is 4.37. The van der Waals surface area contributed by atoms with Gasteiger partial charge in [-0.2, -0.15) is 5.10 Å². The molecule has 3 aromatic carbocycles. The average molecular weight is 494 g/mol. The molecule has 0 saturated carbocycles. The SMILES string of the molecule is Cc1nn(-c2ccc([N+](=O)[O-])cc2)c2c1[C@@H](c1ccc3c(c1)OCO3)N1C(=N2)C(=O)Nc2ccccc21. The number of aromatic nitrogens is 2. The Labute approximate surface area is 209 Å². The lowest BCUT2D eigenvalue weighted by Gasteiger charge is -2.40. The van der Waals surface area contributed by atoms with Crippen molar-refractivity contribution in [2.75, 3.05) is 17.0 Å². The Bertz CT molecular complexity index is 1660. The predicted octanol–water partition coefficient (Wildman–Crippen LogP) is 4.41. The number of ether oxygens (including phenoxy) is 2. The number of nitro groups is 1. The molecule has 4 heterocycles. The van der Waals surface area contributed by atoms with Crippen LogP contribution in [0.1, 0.15) is 22.9 Å². The van der Waals surface area contributed by atoms with Crippen molar-refractivity contribution in [3.63, 3.8) is 0 Å². The Balaban J connectivity index is 1.47. The van der Waals surface area contributed by atoms with E-state index < -0.39 is 11.0 Å². The van der Waals surface area contributed by atoms with Crippen molar-refractivity contribution >= 4 is 34.6 Å². The molecule has 0 spiro atoms. The first-order valence-electron chi connectivity index (χ1n) is 11.5. The highest BCUT2D eigenvalue weighted by molar-refractivity contribution is 6.50. The molecular weight excluding hydrogens is 476 g/mol. The number of fused-ring (bicyclic) bond motifs is 5. The van der Waals surface area contributed by atoms with Crippen LogP contribution >= 0.6 is 0 Å². The van der Waals surface area contributed by atoms with Gasteiger partial charge in [0.15, 0.2) is 17.3 Å². The highest BCUT2D eigenvalue weighted by Crippen LogP contribution is 2.48. The molecule has 11 heteroatoms. The average Bonchev–Trinajstić information content (AvgIpc) is 3.51. The third-order valence-corrected chi connectivity index (χ3v) is 6.69. The summed E-state index contributed by atoms with van der Waals surface area (Å²) in [7, 11) is 0. The summed E-state index contributed by atoms with van der Waals surface area (Å²) in [5, 5.41) is 18.8.